The SMILES string of the molecule is C/C=C/[CH2][Mg][CH2]CCCC. The second-order valence-electron chi connectivity index (χ2n) is 2.77. The predicted octanol–water partition coefficient (Wildman–Crippen LogP) is 3.29. The zero-order valence-corrected chi connectivity index (χ0v) is 8.81. The summed E-state index contributed by atoms with van der Waals surface area (Å²) in [5.74, 6) is 0. The molecule has 0 saturated carbocycles. The van der Waals surface area contributed by atoms with E-state index in [4.69, 9.17) is 0 Å². The highest BCUT2D eigenvalue weighted by atomic mass is 24.5. The van der Waals surface area contributed by atoms with Crippen molar-refractivity contribution < 1.29 is 0 Å². The molecule has 0 unspecified atom stereocenters. The summed E-state index contributed by atoms with van der Waals surface area (Å²) in [6.07, 6.45) is 8.80. The average molecular weight is 151 g/mol. The molecule has 1 heteroatoms. The Morgan fingerprint density at radius 3 is 2.70 bits per heavy atom. The standard InChI is InChI=1S/C5H11.C4H7.Mg/c1-3-5-4-2;1-3-4-2;/h1,3-5H2,2H3;3-4H,1H2,2H3;/b;4-3+;. The minimum absolute atomic E-state index is 0.293. The molecule has 0 saturated heterocycles. The number of rotatable bonds is 6. The van der Waals surface area contributed by atoms with Crippen LogP contribution in [0.5, 0.6) is 0 Å². The van der Waals surface area contributed by atoms with Crippen molar-refractivity contribution in [1.29, 1.82) is 0 Å². The van der Waals surface area contributed by atoms with Gasteiger partial charge in [0.25, 0.3) is 0 Å². The van der Waals surface area contributed by atoms with Crippen LogP contribution in [0.2, 0.25) is 9.10 Å². The van der Waals surface area contributed by atoms with Crippen molar-refractivity contribution in [3.05, 3.63) is 12.2 Å². The van der Waals surface area contributed by atoms with E-state index in [-0.39, 0.29) is 0 Å². The lowest BCUT2D eigenvalue weighted by molar-refractivity contribution is 0.768. The molecule has 0 aromatic heterocycles. The molecule has 0 spiro atoms. The molecule has 0 atom stereocenters. The van der Waals surface area contributed by atoms with Gasteiger partial charge < -0.3 is 0 Å². The quantitative estimate of drug-likeness (QED) is 0.310. The van der Waals surface area contributed by atoms with E-state index >= 15 is 0 Å². The molecule has 56 valence electrons. The van der Waals surface area contributed by atoms with Crippen LogP contribution in [0.3, 0.4) is 0 Å². The molecule has 0 fully saturated rings. The molecule has 0 aromatic rings. The summed E-state index contributed by atoms with van der Waals surface area (Å²) in [6.45, 7) is 4.38. The average Bonchev–Trinajstić information content (AvgIpc) is 1.97. The minimum Gasteiger partial charge on any atom is -0.145 e. The van der Waals surface area contributed by atoms with Crippen LogP contribution in [0.15, 0.2) is 12.2 Å². The maximum atomic E-state index is 2.32. The molecule has 0 amide bonds. The van der Waals surface area contributed by atoms with Crippen LogP contribution in [0, 0.1) is 0 Å². The summed E-state index contributed by atoms with van der Waals surface area (Å²) in [5, 5.41) is 0. The molecular formula is C9H18Mg. The summed E-state index contributed by atoms with van der Waals surface area (Å²) < 4.78 is 2.97. The van der Waals surface area contributed by atoms with Gasteiger partial charge in [0.05, 0.1) is 0 Å². The van der Waals surface area contributed by atoms with Crippen LogP contribution in [0.25, 0.3) is 0 Å². The fourth-order valence-corrected chi connectivity index (χ4v) is 2.60. The zero-order valence-electron chi connectivity index (χ0n) is 7.40. The van der Waals surface area contributed by atoms with Crippen LogP contribution in [-0.4, -0.2) is 20.4 Å². The molecule has 0 aliphatic rings. The Kier molecular flexibility index (Phi) is 9.99. The second kappa shape index (κ2) is 9.51. The Hall–Kier alpha value is 0.506. The van der Waals surface area contributed by atoms with Crippen molar-refractivity contribution >= 4 is 20.4 Å². The van der Waals surface area contributed by atoms with Crippen molar-refractivity contribution in [3.8, 4) is 0 Å². The first kappa shape index (κ1) is 10.5. The molecule has 0 aromatic carbocycles. The van der Waals surface area contributed by atoms with Gasteiger partial charge in [-0.25, -0.2) is 0 Å². The van der Waals surface area contributed by atoms with E-state index in [9.17, 15) is 0 Å². The van der Waals surface area contributed by atoms with Crippen LogP contribution in [0.4, 0.5) is 0 Å². The van der Waals surface area contributed by atoms with Gasteiger partial charge in [0.2, 0.25) is 0 Å². The molecule has 0 bridgehead atoms. The first-order chi connectivity index (χ1) is 4.91. The van der Waals surface area contributed by atoms with Gasteiger partial charge in [-0.3, -0.25) is 0 Å². The summed E-state index contributed by atoms with van der Waals surface area (Å²) in [4.78, 5) is 0. The molecule has 0 rings (SSSR count). The molecule has 0 heterocycles. The normalized spacial score (nSPS) is 10.2. The molecule has 0 nitrogen and oxygen atoms in total. The fourth-order valence-electron chi connectivity index (χ4n) is 1.03. The van der Waals surface area contributed by atoms with Gasteiger partial charge >= 0.3 is 20.4 Å². The van der Waals surface area contributed by atoms with Crippen LogP contribution in [-0.2, 0) is 0 Å². The maximum Gasteiger partial charge on any atom is 0.369 e. The summed E-state index contributed by atoms with van der Waals surface area (Å²) in [7, 11) is 0. The monoisotopic (exact) mass is 150 g/mol. The van der Waals surface area contributed by atoms with E-state index in [1.54, 1.807) is 4.55 Å². The molecule has 0 N–H and O–H groups in total. The third kappa shape index (κ3) is 8.51. The molecule has 10 heavy (non-hydrogen) atoms. The second-order valence-corrected chi connectivity index (χ2v) is 4.76. The van der Waals surface area contributed by atoms with Crippen molar-refractivity contribution in [1.82, 2.24) is 0 Å². The first-order valence-corrected chi connectivity index (χ1v) is 6.53. The Morgan fingerprint density at radius 1 is 1.30 bits per heavy atom. The number of hydrogen-bond acceptors (Lipinski definition) is 0. The van der Waals surface area contributed by atoms with Crippen molar-refractivity contribution in [2.24, 2.45) is 0 Å². The number of unbranched alkanes of at least 4 members (excludes halogenated alkanes) is 2. The fraction of sp³-hybridized carbons (Fsp3) is 0.778. The lowest BCUT2D eigenvalue weighted by Gasteiger charge is -1.92. The highest BCUT2D eigenvalue weighted by Crippen LogP contribution is 2.00. The molecule has 0 radical (unpaired) electrons. The van der Waals surface area contributed by atoms with Crippen molar-refractivity contribution in [2.75, 3.05) is 0 Å². The van der Waals surface area contributed by atoms with E-state index < -0.39 is 0 Å². The summed E-state index contributed by atoms with van der Waals surface area (Å²) >= 11 is 0.293. The first-order valence-electron chi connectivity index (χ1n) is 4.53. The van der Waals surface area contributed by atoms with E-state index in [0.717, 1.165) is 0 Å². The highest BCUT2D eigenvalue weighted by molar-refractivity contribution is 6.36. The predicted molar refractivity (Wildman–Crippen MR) is 49.7 cm³/mol. The molecule has 0 aliphatic heterocycles. The Labute approximate surface area is 74.8 Å². The minimum atomic E-state index is 0.293. The van der Waals surface area contributed by atoms with Crippen LogP contribution >= 0.6 is 0 Å². The number of allylic oxidation sites excluding steroid dienone is 2. The zero-order chi connectivity index (χ0) is 7.66. The van der Waals surface area contributed by atoms with Gasteiger partial charge in [0.1, 0.15) is 0 Å². The number of hydrogen-bond donors (Lipinski definition) is 0. The Bertz CT molecular complexity index is 76.8. The van der Waals surface area contributed by atoms with Gasteiger partial charge in [-0.05, 0) is 6.92 Å². The maximum absolute atomic E-state index is 2.32. The summed E-state index contributed by atoms with van der Waals surface area (Å²) in [6, 6.07) is 0. The van der Waals surface area contributed by atoms with E-state index in [1.807, 2.05) is 0 Å². The van der Waals surface area contributed by atoms with E-state index in [1.165, 1.54) is 23.8 Å². The topological polar surface area (TPSA) is 0 Å². The van der Waals surface area contributed by atoms with Gasteiger partial charge in [0.15, 0.2) is 0 Å². The summed E-state index contributed by atoms with van der Waals surface area (Å²) in [5.41, 5.74) is 0. The lowest BCUT2D eigenvalue weighted by Crippen LogP contribution is -1.85. The van der Waals surface area contributed by atoms with Gasteiger partial charge in [-0.2, -0.15) is 0 Å². The molecular weight excluding hydrogens is 132 g/mol. The third-order valence-corrected chi connectivity index (χ3v) is 3.45. The van der Waals surface area contributed by atoms with Crippen LogP contribution < -0.4 is 0 Å². The Morgan fingerprint density at radius 2 is 2.10 bits per heavy atom. The largest absolute Gasteiger partial charge is 0.369 e. The van der Waals surface area contributed by atoms with E-state index in [0.29, 0.717) is 20.4 Å². The Balaban J connectivity index is 2.77. The van der Waals surface area contributed by atoms with Crippen molar-refractivity contribution in [2.45, 2.75) is 42.2 Å². The van der Waals surface area contributed by atoms with Gasteiger partial charge in [-0.1, -0.05) is 32.3 Å². The highest BCUT2D eigenvalue weighted by Gasteiger charge is 1.90. The van der Waals surface area contributed by atoms with E-state index in [2.05, 4.69) is 26.0 Å². The smallest absolute Gasteiger partial charge is 0.145 e. The van der Waals surface area contributed by atoms with Crippen molar-refractivity contribution in [3.63, 3.8) is 0 Å². The molecule has 0 aliphatic carbocycles. The van der Waals surface area contributed by atoms with Gasteiger partial charge in [-0.15, -0.1) is 15.2 Å². The van der Waals surface area contributed by atoms with Crippen LogP contribution in [0.1, 0.15) is 33.1 Å². The lowest BCUT2D eigenvalue weighted by atomic mass is 10.3. The van der Waals surface area contributed by atoms with Gasteiger partial charge in [0, 0.05) is 0 Å². The third-order valence-electron chi connectivity index (χ3n) is 1.71.